The monoisotopic (exact) mass is 562 g/mol. The van der Waals surface area contributed by atoms with Crippen molar-refractivity contribution < 1.29 is 13.2 Å². The first kappa shape index (κ1) is 26.0. The van der Waals surface area contributed by atoms with Crippen LogP contribution in [0, 0.1) is 0 Å². The van der Waals surface area contributed by atoms with Gasteiger partial charge in [0.2, 0.25) is 10.0 Å². The Labute approximate surface area is 236 Å². The summed E-state index contributed by atoms with van der Waals surface area (Å²) in [5.74, 6) is -0.293. The highest BCUT2D eigenvalue weighted by atomic mass is 32.2. The van der Waals surface area contributed by atoms with E-state index in [1.807, 2.05) is 41.1 Å². The third-order valence-electron chi connectivity index (χ3n) is 9.28. The third kappa shape index (κ3) is 4.89. The molecule has 2 aromatic heterocycles. The third-order valence-corrected chi connectivity index (χ3v) is 11.1. The van der Waals surface area contributed by atoms with Gasteiger partial charge in [0.1, 0.15) is 5.69 Å². The number of benzene rings is 1. The van der Waals surface area contributed by atoms with Crippen molar-refractivity contribution in [3.63, 3.8) is 0 Å². The highest BCUT2D eigenvalue weighted by Gasteiger charge is 2.38. The van der Waals surface area contributed by atoms with Crippen molar-refractivity contribution in [2.24, 2.45) is 0 Å². The molecule has 1 amide bonds. The molecule has 0 radical (unpaired) electrons. The lowest BCUT2D eigenvalue weighted by molar-refractivity contribution is 0.0976. The lowest BCUT2D eigenvalue weighted by Gasteiger charge is -2.41. The maximum Gasteiger partial charge on any atom is 0.283 e. The summed E-state index contributed by atoms with van der Waals surface area (Å²) in [6, 6.07) is 12.3. The highest BCUT2D eigenvalue weighted by Crippen LogP contribution is 2.43. The average Bonchev–Trinajstić information content (AvgIpc) is 3.76. The summed E-state index contributed by atoms with van der Waals surface area (Å²) < 4.78 is 29.5. The Balaban J connectivity index is 1.30. The lowest BCUT2D eigenvalue weighted by Crippen LogP contribution is -2.46. The van der Waals surface area contributed by atoms with Crippen molar-refractivity contribution in [1.29, 1.82) is 0 Å². The second-order valence-electron chi connectivity index (χ2n) is 12.0. The Kier molecular flexibility index (Phi) is 6.78. The molecule has 2 saturated carbocycles. The molecule has 2 aliphatic carbocycles. The van der Waals surface area contributed by atoms with Gasteiger partial charge in [0.25, 0.3) is 5.91 Å². The van der Waals surface area contributed by atoms with Crippen LogP contribution in [-0.4, -0.2) is 71.5 Å². The molecule has 9 nitrogen and oxygen atoms in total. The zero-order chi connectivity index (χ0) is 27.3. The first-order valence-corrected chi connectivity index (χ1v) is 16.6. The van der Waals surface area contributed by atoms with Crippen LogP contribution in [0.15, 0.2) is 36.4 Å². The second kappa shape index (κ2) is 10.4. The van der Waals surface area contributed by atoms with Crippen LogP contribution < -0.4 is 9.62 Å². The van der Waals surface area contributed by atoms with Crippen LogP contribution in [0.3, 0.4) is 0 Å². The van der Waals surface area contributed by atoms with Crippen LogP contribution in [0.1, 0.15) is 86.3 Å². The predicted octanol–water partition coefficient (Wildman–Crippen LogP) is 4.36. The van der Waals surface area contributed by atoms with E-state index in [0.717, 1.165) is 61.2 Å². The minimum absolute atomic E-state index is 0.127. The number of nitrogens with zero attached hydrogens (tertiary/aromatic N) is 5. The maximum absolute atomic E-state index is 13.4. The van der Waals surface area contributed by atoms with Gasteiger partial charge in [-0.15, -0.1) is 0 Å². The molecule has 2 aliphatic heterocycles. The van der Waals surface area contributed by atoms with Crippen molar-refractivity contribution in [2.45, 2.75) is 81.4 Å². The van der Waals surface area contributed by atoms with Gasteiger partial charge in [-0.25, -0.2) is 22.8 Å². The number of carbonyl (C=O) groups is 1. The van der Waals surface area contributed by atoms with E-state index < -0.39 is 21.2 Å². The maximum atomic E-state index is 13.4. The minimum Gasteiger partial charge on any atom is -0.371 e. The summed E-state index contributed by atoms with van der Waals surface area (Å²) in [5, 5.41) is 5.64. The molecular formula is C30H38N6O3S. The fourth-order valence-electron chi connectivity index (χ4n) is 6.60. The lowest BCUT2D eigenvalue weighted by atomic mass is 9.82. The largest absolute Gasteiger partial charge is 0.371 e. The number of para-hydroxylation sites is 1. The molecule has 2 saturated heterocycles. The van der Waals surface area contributed by atoms with Crippen molar-refractivity contribution in [1.82, 2.24) is 24.4 Å². The van der Waals surface area contributed by atoms with Crippen LogP contribution in [0.25, 0.3) is 16.7 Å². The number of carbonyl (C=O) groups excluding carboxylic acids is 1. The first-order valence-electron chi connectivity index (χ1n) is 15.0. The van der Waals surface area contributed by atoms with Crippen molar-refractivity contribution in [3.8, 4) is 5.69 Å². The number of amides is 1. The summed E-state index contributed by atoms with van der Waals surface area (Å²) in [6.07, 6.45) is 10.6. The molecule has 0 unspecified atom stereocenters. The molecule has 4 aliphatic rings. The van der Waals surface area contributed by atoms with Crippen LogP contribution in [0.4, 0.5) is 5.69 Å². The smallest absolute Gasteiger partial charge is 0.283 e. The summed E-state index contributed by atoms with van der Waals surface area (Å²) in [6.45, 7) is 4.17. The number of likely N-dealkylation sites (tertiary alicyclic amines) is 1. The zero-order valence-corrected chi connectivity index (χ0v) is 23.8. The summed E-state index contributed by atoms with van der Waals surface area (Å²) in [4.78, 5) is 23.2. The van der Waals surface area contributed by atoms with Gasteiger partial charge in [-0.3, -0.25) is 4.79 Å². The van der Waals surface area contributed by atoms with Gasteiger partial charge in [-0.05, 0) is 82.7 Å². The number of aromatic nitrogens is 3. The number of piperidine rings is 2. The molecule has 212 valence electrons. The number of sulfonamides is 1. The van der Waals surface area contributed by atoms with E-state index in [1.165, 1.54) is 38.8 Å². The van der Waals surface area contributed by atoms with Crippen molar-refractivity contribution in [3.05, 3.63) is 47.8 Å². The fraction of sp³-hybridized carbons (Fsp3) is 0.567. The average molecular weight is 563 g/mol. The van der Waals surface area contributed by atoms with Crippen LogP contribution in [-0.2, 0) is 10.0 Å². The standard InChI is InChI=1S/C30H38N6O3S/c37-30(33-40(38,39)24-12-13-24)25-20-26(35-18-14-22(15-19-35)34-16-5-2-6-17-34)27-28(21-8-7-9-21)32-36(29(27)31-25)23-10-3-1-4-11-23/h1,3-4,10-11,20-22,24H,2,5-9,12-19H2,(H,33,37). The van der Waals surface area contributed by atoms with Gasteiger partial charge in [-0.1, -0.05) is 31.0 Å². The number of anilines is 1. The molecule has 4 fully saturated rings. The van der Waals surface area contributed by atoms with Gasteiger partial charge in [0, 0.05) is 25.0 Å². The molecule has 3 aromatic rings. The number of nitrogens with one attached hydrogen (secondary N) is 1. The van der Waals surface area contributed by atoms with E-state index in [-0.39, 0.29) is 5.69 Å². The van der Waals surface area contributed by atoms with E-state index in [9.17, 15) is 13.2 Å². The Morgan fingerprint density at radius 3 is 2.25 bits per heavy atom. The van der Waals surface area contributed by atoms with Gasteiger partial charge in [0.15, 0.2) is 5.65 Å². The molecule has 1 N–H and O–H groups in total. The SMILES string of the molecule is O=C(NS(=O)(=O)C1CC1)c1cc(N2CCC(N3CCCCC3)CC2)c2c(C3CCC3)nn(-c3ccccc3)c2n1. The topological polar surface area (TPSA) is 100 Å². The number of hydrogen-bond donors (Lipinski definition) is 1. The van der Waals surface area contributed by atoms with Crippen LogP contribution in [0.5, 0.6) is 0 Å². The van der Waals surface area contributed by atoms with E-state index in [1.54, 1.807) is 0 Å². The molecule has 40 heavy (non-hydrogen) atoms. The molecule has 4 heterocycles. The fourth-order valence-corrected chi connectivity index (χ4v) is 7.89. The molecule has 0 bridgehead atoms. The number of fused-ring (bicyclic) bond motifs is 1. The second-order valence-corrected chi connectivity index (χ2v) is 13.9. The normalized spacial score (nSPS) is 21.4. The summed E-state index contributed by atoms with van der Waals surface area (Å²) in [5.41, 5.74) is 3.63. The summed E-state index contributed by atoms with van der Waals surface area (Å²) >= 11 is 0. The quantitative estimate of drug-likeness (QED) is 0.457. The first-order chi connectivity index (χ1) is 19.5. The number of rotatable bonds is 7. The van der Waals surface area contributed by atoms with Crippen molar-refractivity contribution >= 4 is 32.7 Å². The Morgan fingerprint density at radius 2 is 1.60 bits per heavy atom. The van der Waals surface area contributed by atoms with Crippen LogP contribution >= 0.6 is 0 Å². The molecule has 1 aromatic carbocycles. The van der Waals surface area contributed by atoms with E-state index in [2.05, 4.69) is 14.5 Å². The van der Waals surface area contributed by atoms with Gasteiger partial charge >= 0.3 is 0 Å². The molecule has 7 rings (SSSR count). The van der Waals surface area contributed by atoms with Gasteiger partial charge in [0.05, 0.1) is 27.7 Å². The Morgan fingerprint density at radius 1 is 0.875 bits per heavy atom. The van der Waals surface area contributed by atoms with Crippen molar-refractivity contribution in [2.75, 3.05) is 31.1 Å². The molecular weight excluding hydrogens is 524 g/mol. The number of pyridine rings is 1. The Hall–Kier alpha value is -2.98. The molecule has 0 spiro atoms. The van der Waals surface area contributed by atoms with E-state index in [0.29, 0.717) is 30.4 Å². The summed E-state index contributed by atoms with van der Waals surface area (Å²) in [7, 11) is -3.69. The zero-order valence-electron chi connectivity index (χ0n) is 23.0. The minimum atomic E-state index is -3.69. The number of hydrogen-bond acceptors (Lipinski definition) is 7. The van der Waals surface area contributed by atoms with Gasteiger partial charge < -0.3 is 9.80 Å². The van der Waals surface area contributed by atoms with E-state index >= 15 is 0 Å². The molecule has 0 atom stereocenters. The Bertz CT molecular complexity index is 1500. The molecule has 10 heteroatoms. The van der Waals surface area contributed by atoms with Gasteiger partial charge in [-0.2, -0.15) is 5.10 Å². The highest BCUT2D eigenvalue weighted by molar-refractivity contribution is 7.91. The van der Waals surface area contributed by atoms with E-state index in [4.69, 9.17) is 10.1 Å². The predicted molar refractivity (Wildman–Crippen MR) is 156 cm³/mol. The van der Waals surface area contributed by atoms with Crippen LogP contribution in [0.2, 0.25) is 0 Å².